The van der Waals surface area contributed by atoms with E-state index in [1.807, 2.05) is 6.08 Å². The quantitative estimate of drug-likeness (QED) is 0.805. The highest BCUT2D eigenvalue weighted by molar-refractivity contribution is 6.29. The second kappa shape index (κ2) is 3.58. The molecule has 1 nitrogen and oxygen atoms in total. The molecular weight excluding hydrogens is 256 g/mol. The second-order valence-corrected chi connectivity index (χ2v) is 5.71. The first kappa shape index (κ1) is 11.7. The lowest BCUT2D eigenvalue weighted by molar-refractivity contribution is 0.507. The predicted octanol–water partition coefficient (Wildman–Crippen LogP) is 4.30. The van der Waals surface area contributed by atoms with E-state index < -0.39 is 11.6 Å². The molecule has 0 saturated heterocycles. The van der Waals surface area contributed by atoms with Crippen molar-refractivity contribution in [2.24, 2.45) is 5.92 Å². The highest BCUT2D eigenvalue weighted by Gasteiger charge is 2.60. The lowest BCUT2D eigenvalue weighted by atomic mass is 10.0. The van der Waals surface area contributed by atoms with Crippen molar-refractivity contribution >= 4 is 22.9 Å². The number of anilines is 1. The number of hydrogen-bond donors (Lipinski definition) is 1. The maximum absolute atomic E-state index is 13.5. The van der Waals surface area contributed by atoms with Gasteiger partial charge in [-0.25, -0.2) is 8.78 Å². The third-order valence-electron chi connectivity index (χ3n) is 3.48. The number of nitrogens with one attached hydrogen (secondary N) is 1. The van der Waals surface area contributed by atoms with Crippen LogP contribution in [0.1, 0.15) is 18.9 Å². The van der Waals surface area contributed by atoms with Crippen LogP contribution in [-0.2, 0) is 0 Å². The molecule has 0 aliphatic heterocycles. The Balaban J connectivity index is 1.89. The maximum Gasteiger partial charge on any atom is 0.166 e. The van der Waals surface area contributed by atoms with Gasteiger partial charge in [0.25, 0.3) is 0 Å². The molecule has 0 aromatic heterocycles. The number of alkyl halides is 1. The Morgan fingerprint density at radius 3 is 2.72 bits per heavy atom. The third kappa shape index (κ3) is 1.65. The molecule has 2 unspecified atom stereocenters. The summed E-state index contributed by atoms with van der Waals surface area (Å²) in [7, 11) is 0. The van der Waals surface area contributed by atoms with Crippen molar-refractivity contribution in [1.29, 1.82) is 0 Å². The van der Waals surface area contributed by atoms with Crippen LogP contribution < -0.4 is 5.32 Å². The van der Waals surface area contributed by atoms with Crippen LogP contribution in [0.25, 0.3) is 5.57 Å². The Morgan fingerprint density at radius 2 is 2.22 bits per heavy atom. The lowest BCUT2D eigenvalue weighted by Gasteiger charge is -2.21. The Morgan fingerprint density at radius 1 is 1.50 bits per heavy atom. The van der Waals surface area contributed by atoms with Crippen LogP contribution in [0.4, 0.5) is 14.5 Å². The van der Waals surface area contributed by atoms with E-state index in [1.165, 1.54) is 0 Å². The molecule has 0 spiro atoms. The average molecular weight is 268 g/mol. The van der Waals surface area contributed by atoms with Crippen molar-refractivity contribution in [2.75, 3.05) is 5.32 Å². The van der Waals surface area contributed by atoms with Gasteiger partial charge in [-0.1, -0.05) is 6.58 Å². The Kier molecular flexibility index (Phi) is 2.33. The molecule has 0 bridgehead atoms. The van der Waals surface area contributed by atoms with Gasteiger partial charge in [-0.05, 0) is 31.1 Å². The van der Waals surface area contributed by atoms with Crippen LogP contribution in [0.5, 0.6) is 0 Å². The molecule has 0 heterocycles. The number of allylic oxidation sites excluding steroid dienone is 3. The zero-order valence-corrected chi connectivity index (χ0v) is 10.6. The smallest absolute Gasteiger partial charge is 0.166 e. The summed E-state index contributed by atoms with van der Waals surface area (Å²) in [6.45, 7) is 5.29. The fraction of sp³-hybridized carbons (Fsp3) is 0.286. The highest BCUT2D eigenvalue weighted by Crippen LogP contribution is 2.62. The zero-order valence-electron chi connectivity index (χ0n) is 9.86. The van der Waals surface area contributed by atoms with Crippen LogP contribution in [0, 0.1) is 17.6 Å². The molecule has 0 radical (unpaired) electrons. The Hall–Kier alpha value is -1.35. The van der Waals surface area contributed by atoms with Crippen LogP contribution in [-0.4, -0.2) is 4.87 Å². The lowest BCUT2D eigenvalue weighted by Crippen LogP contribution is -2.18. The minimum atomic E-state index is -0.870. The van der Waals surface area contributed by atoms with Gasteiger partial charge in [0.1, 0.15) is 0 Å². The van der Waals surface area contributed by atoms with Gasteiger partial charge in [-0.3, -0.25) is 0 Å². The number of benzene rings is 1. The predicted molar refractivity (Wildman–Crippen MR) is 69.5 cm³/mol. The molecule has 3 rings (SSSR count). The van der Waals surface area contributed by atoms with E-state index in [9.17, 15) is 8.78 Å². The summed E-state index contributed by atoms with van der Waals surface area (Å²) in [4.78, 5) is -0.169. The largest absolute Gasteiger partial charge is 0.359 e. The van der Waals surface area contributed by atoms with Gasteiger partial charge in [-0.15, -0.1) is 11.6 Å². The minimum absolute atomic E-state index is 0.169. The first-order valence-corrected chi connectivity index (χ1v) is 6.12. The molecule has 18 heavy (non-hydrogen) atoms. The van der Waals surface area contributed by atoms with Gasteiger partial charge in [0.15, 0.2) is 11.6 Å². The van der Waals surface area contributed by atoms with Crippen molar-refractivity contribution in [3.8, 4) is 0 Å². The Labute approximate surface area is 109 Å². The number of hydrogen-bond acceptors (Lipinski definition) is 1. The highest BCUT2D eigenvalue weighted by atomic mass is 35.5. The van der Waals surface area contributed by atoms with Gasteiger partial charge in [0, 0.05) is 28.9 Å². The van der Waals surface area contributed by atoms with Gasteiger partial charge < -0.3 is 5.32 Å². The molecule has 2 aliphatic rings. The normalized spacial score (nSPS) is 28.0. The monoisotopic (exact) mass is 267 g/mol. The van der Waals surface area contributed by atoms with E-state index >= 15 is 0 Å². The molecule has 1 saturated carbocycles. The van der Waals surface area contributed by atoms with Gasteiger partial charge in [0.2, 0.25) is 0 Å². The molecule has 1 aromatic carbocycles. The first-order chi connectivity index (χ1) is 8.40. The molecule has 4 heteroatoms. The van der Waals surface area contributed by atoms with Crippen LogP contribution >= 0.6 is 11.6 Å². The van der Waals surface area contributed by atoms with Crippen molar-refractivity contribution in [3.63, 3.8) is 0 Å². The first-order valence-electron chi connectivity index (χ1n) is 5.74. The summed E-state index contributed by atoms with van der Waals surface area (Å²) in [6.07, 6.45) is 2.86. The van der Waals surface area contributed by atoms with Gasteiger partial charge in [0.05, 0.1) is 4.87 Å². The zero-order chi connectivity index (χ0) is 13.1. The summed E-state index contributed by atoms with van der Waals surface area (Å²) in [5.74, 6) is -1.39. The summed E-state index contributed by atoms with van der Waals surface area (Å²) >= 11 is 6.11. The van der Waals surface area contributed by atoms with E-state index in [2.05, 4.69) is 11.9 Å². The minimum Gasteiger partial charge on any atom is -0.359 e. The van der Waals surface area contributed by atoms with Crippen molar-refractivity contribution < 1.29 is 8.78 Å². The molecule has 1 aromatic rings. The van der Waals surface area contributed by atoms with E-state index in [-0.39, 0.29) is 10.4 Å². The molecule has 2 aliphatic carbocycles. The summed E-state index contributed by atoms with van der Waals surface area (Å²) in [5, 5.41) is 3.09. The summed E-state index contributed by atoms with van der Waals surface area (Å²) in [5.41, 5.74) is 2.22. The van der Waals surface area contributed by atoms with Crippen LogP contribution in [0.2, 0.25) is 0 Å². The molecule has 1 N–H and O–H groups in total. The third-order valence-corrected chi connectivity index (χ3v) is 4.01. The van der Waals surface area contributed by atoms with E-state index in [0.29, 0.717) is 17.2 Å². The van der Waals surface area contributed by atoms with Crippen molar-refractivity contribution in [1.82, 2.24) is 0 Å². The van der Waals surface area contributed by atoms with E-state index in [1.54, 1.807) is 13.0 Å². The number of fused-ring (bicyclic) bond motifs is 1. The number of rotatable bonds is 3. The van der Waals surface area contributed by atoms with E-state index in [4.69, 9.17) is 11.6 Å². The van der Waals surface area contributed by atoms with Gasteiger partial charge in [-0.2, -0.15) is 0 Å². The second-order valence-electron chi connectivity index (χ2n) is 5.01. The van der Waals surface area contributed by atoms with E-state index in [0.717, 1.165) is 18.2 Å². The molecule has 2 atom stereocenters. The average Bonchev–Trinajstić information content (AvgIpc) is 2.83. The van der Waals surface area contributed by atoms with Crippen molar-refractivity contribution in [3.05, 3.63) is 47.7 Å². The topological polar surface area (TPSA) is 12.0 Å². The fourth-order valence-corrected chi connectivity index (χ4v) is 2.70. The van der Waals surface area contributed by atoms with Crippen LogP contribution in [0.15, 0.2) is 30.5 Å². The maximum atomic E-state index is 13.5. The summed E-state index contributed by atoms with van der Waals surface area (Å²) in [6, 6.07) is 2.72. The molecule has 1 fully saturated rings. The molecular formula is C14H12ClF2N. The van der Waals surface area contributed by atoms with Crippen LogP contribution in [0.3, 0.4) is 0 Å². The standard InChI is InChI=1S/C14H12ClF2N/c1-7(2)9-3-8(4-11(16)13(9)17)18-12-6-14(15)5-10(12)14/h3-4,6,10,18H,1,5H2,2H3. The molecule has 0 amide bonds. The Bertz CT molecular complexity index is 594. The number of halogens is 3. The molecule has 94 valence electrons. The van der Waals surface area contributed by atoms with Crippen molar-refractivity contribution in [2.45, 2.75) is 18.2 Å². The van der Waals surface area contributed by atoms with Gasteiger partial charge >= 0.3 is 0 Å². The summed E-state index contributed by atoms with van der Waals surface area (Å²) < 4.78 is 27.0. The fourth-order valence-electron chi connectivity index (χ4n) is 2.31. The SMILES string of the molecule is C=C(C)c1cc(NC2=CC3(Cl)CC23)cc(F)c1F.